The lowest BCUT2D eigenvalue weighted by molar-refractivity contribution is 0.0613. The fourth-order valence-corrected chi connectivity index (χ4v) is 6.52. The number of nitrogens with zero attached hydrogens (tertiary/aromatic N) is 5. The fraction of sp³-hybridized carbons (Fsp3) is 0.462. The molecular weight excluding hydrogens is 481 g/mol. The molecule has 3 aliphatic rings. The summed E-state index contributed by atoms with van der Waals surface area (Å²) in [7, 11) is 0. The van der Waals surface area contributed by atoms with E-state index < -0.39 is 5.82 Å². The summed E-state index contributed by atoms with van der Waals surface area (Å²) in [5.74, 6) is 0.899. The van der Waals surface area contributed by atoms with Crippen molar-refractivity contribution in [3.8, 4) is 11.4 Å². The first-order chi connectivity index (χ1) is 17.5. The molecule has 2 N–H and O–H groups in total. The van der Waals surface area contributed by atoms with Crippen LogP contribution in [0.4, 0.5) is 9.18 Å². The first-order valence-electron chi connectivity index (χ1n) is 12.7. The summed E-state index contributed by atoms with van der Waals surface area (Å²) >= 11 is 6.68. The number of carbonyl (C=O) groups excluding carboxylic acids is 1. The number of rotatable bonds is 5. The number of carbonyl (C=O) groups is 1. The molecule has 0 aliphatic heterocycles. The molecule has 4 aromatic rings. The quantitative estimate of drug-likeness (QED) is 0.369. The lowest BCUT2D eigenvalue weighted by Gasteiger charge is -2.49. The number of hydrogen-bond acceptors (Lipinski definition) is 4. The monoisotopic (exact) mass is 509 g/mol. The van der Waals surface area contributed by atoms with Crippen molar-refractivity contribution in [3.05, 3.63) is 41.7 Å². The Kier molecular flexibility index (Phi) is 5.82. The molecule has 7 rings (SSSR count). The largest absolute Gasteiger partial charge is 0.345 e. The van der Waals surface area contributed by atoms with Crippen molar-refractivity contribution in [3.63, 3.8) is 0 Å². The van der Waals surface area contributed by atoms with Gasteiger partial charge in [-0.15, -0.1) is 0 Å². The van der Waals surface area contributed by atoms with Crippen molar-refractivity contribution in [2.45, 2.75) is 51.6 Å². The zero-order valence-electron chi connectivity index (χ0n) is 20.3. The Morgan fingerprint density at radius 3 is 2.67 bits per heavy atom. The van der Waals surface area contributed by atoms with Crippen molar-refractivity contribution in [2.75, 3.05) is 13.1 Å². The first-order valence-corrected chi connectivity index (χ1v) is 13.1. The molecule has 36 heavy (non-hydrogen) atoms. The van der Waals surface area contributed by atoms with Crippen molar-refractivity contribution >= 4 is 39.7 Å². The zero-order chi connectivity index (χ0) is 25.0. The number of amides is 2. The minimum atomic E-state index is -0.416. The average molecular weight is 510 g/mol. The summed E-state index contributed by atoms with van der Waals surface area (Å²) in [6.45, 7) is 5.33. The molecule has 3 fully saturated rings. The van der Waals surface area contributed by atoms with Crippen LogP contribution in [0, 0.1) is 17.7 Å². The Balaban J connectivity index is 1.44. The van der Waals surface area contributed by atoms with Crippen molar-refractivity contribution in [1.82, 2.24) is 34.7 Å². The summed E-state index contributed by atoms with van der Waals surface area (Å²) < 4.78 is 16.1. The van der Waals surface area contributed by atoms with Crippen LogP contribution in [0.1, 0.15) is 45.6 Å². The molecule has 1 unspecified atom stereocenters. The van der Waals surface area contributed by atoms with Crippen molar-refractivity contribution in [1.29, 1.82) is 0 Å². The summed E-state index contributed by atoms with van der Waals surface area (Å²) in [5, 5.41) is 5.34. The number of fused-ring (bicyclic) bond motifs is 5. The van der Waals surface area contributed by atoms with Gasteiger partial charge >= 0.3 is 6.03 Å². The molecule has 188 valence electrons. The summed E-state index contributed by atoms with van der Waals surface area (Å²) in [5.41, 5.74) is 1.98. The van der Waals surface area contributed by atoms with Gasteiger partial charge < -0.3 is 19.8 Å². The van der Waals surface area contributed by atoms with E-state index in [1.54, 1.807) is 12.4 Å². The fourth-order valence-electron chi connectivity index (χ4n) is 6.28. The van der Waals surface area contributed by atoms with E-state index in [1.807, 2.05) is 24.9 Å². The van der Waals surface area contributed by atoms with Crippen LogP contribution in [0.25, 0.3) is 33.5 Å². The van der Waals surface area contributed by atoms with Gasteiger partial charge in [-0.25, -0.2) is 24.1 Å². The molecule has 4 aromatic heterocycles. The summed E-state index contributed by atoms with van der Waals surface area (Å²) in [6.07, 6.45) is 11.1. The van der Waals surface area contributed by atoms with E-state index in [1.165, 1.54) is 12.3 Å². The Hall–Kier alpha value is -3.20. The van der Waals surface area contributed by atoms with Gasteiger partial charge in [-0.05, 0) is 57.4 Å². The maximum atomic E-state index is 13.9. The number of aromatic amines is 1. The summed E-state index contributed by atoms with van der Waals surface area (Å²) in [6, 6.07) is 1.47. The van der Waals surface area contributed by atoms with Gasteiger partial charge in [0.05, 0.1) is 28.7 Å². The molecule has 3 saturated carbocycles. The number of pyridine rings is 1. The normalized spacial score (nSPS) is 23.4. The second kappa shape index (κ2) is 9.03. The Morgan fingerprint density at radius 2 is 1.92 bits per heavy atom. The van der Waals surface area contributed by atoms with Crippen LogP contribution in [0.15, 0.2) is 30.9 Å². The van der Waals surface area contributed by atoms with Gasteiger partial charge in [0.2, 0.25) is 0 Å². The highest BCUT2D eigenvalue weighted by molar-refractivity contribution is 6.35. The standard InChI is InChI=1S/C26H29ClFN7O/c1-3-34(4-2)26(36)32-21-14-5-7-15(8-6-14)22(21)35-13-20(27)19-12-31-24(33-25(19)35)18-11-30-23-17(18)9-16(28)10-29-23/h9-15,21-22H,3-8H2,1-2H3,(H,29,30)(H,32,36)/t14?,15?,21-,22?/m0/s1. The minimum absolute atomic E-state index is 0.00191. The molecule has 0 radical (unpaired) electrons. The molecule has 0 aromatic carbocycles. The van der Waals surface area contributed by atoms with E-state index in [2.05, 4.69) is 24.8 Å². The smallest absolute Gasteiger partial charge is 0.317 e. The highest BCUT2D eigenvalue weighted by atomic mass is 35.5. The maximum Gasteiger partial charge on any atom is 0.317 e. The second-order valence-corrected chi connectivity index (χ2v) is 10.3. The minimum Gasteiger partial charge on any atom is -0.345 e. The zero-order valence-corrected chi connectivity index (χ0v) is 21.1. The van der Waals surface area contributed by atoms with Crippen LogP contribution in [0.5, 0.6) is 0 Å². The third-order valence-electron chi connectivity index (χ3n) is 8.10. The lowest BCUT2D eigenvalue weighted by atomic mass is 9.64. The number of aromatic nitrogens is 5. The van der Waals surface area contributed by atoms with Crippen LogP contribution >= 0.6 is 11.6 Å². The van der Waals surface area contributed by atoms with Gasteiger partial charge in [0.1, 0.15) is 17.1 Å². The topological polar surface area (TPSA) is 91.7 Å². The number of H-pyrrole nitrogens is 1. The number of halogens is 2. The summed E-state index contributed by atoms with van der Waals surface area (Å²) in [4.78, 5) is 31.6. The van der Waals surface area contributed by atoms with E-state index in [0.29, 0.717) is 52.4 Å². The van der Waals surface area contributed by atoms with Crippen molar-refractivity contribution < 1.29 is 9.18 Å². The van der Waals surface area contributed by atoms with Crippen LogP contribution in [0.2, 0.25) is 5.02 Å². The van der Waals surface area contributed by atoms with Gasteiger partial charge in [-0.2, -0.15) is 0 Å². The van der Waals surface area contributed by atoms with Gasteiger partial charge in [-0.1, -0.05) is 11.6 Å². The van der Waals surface area contributed by atoms with Gasteiger partial charge in [-0.3, -0.25) is 0 Å². The van der Waals surface area contributed by atoms with Gasteiger partial charge in [0, 0.05) is 42.6 Å². The SMILES string of the molecule is CCN(CC)C(=O)N[C@H]1C2CCC(CC2)C1n1cc(Cl)c2cnc(-c3c[nH]c4ncc(F)cc34)nc21. The highest BCUT2D eigenvalue weighted by Crippen LogP contribution is 2.49. The van der Waals surface area contributed by atoms with E-state index in [4.69, 9.17) is 16.6 Å². The molecule has 8 nitrogen and oxygen atoms in total. The van der Waals surface area contributed by atoms with Crippen LogP contribution in [-0.4, -0.2) is 54.6 Å². The van der Waals surface area contributed by atoms with Crippen LogP contribution in [-0.2, 0) is 0 Å². The predicted molar refractivity (Wildman–Crippen MR) is 137 cm³/mol. The molecule has 2 atom stereocenters. The average Bonchev–Trinajstić information content (AvgIpc) is 3.45. The van der Waals surface area contributed by atoms with Crippen LogP contribution in [0.3, 0.4) is 0 Å². The van der Waals surface area contributed by atoms with Gasteiger partial charge in [0.25, 0.3) is 0 Å². The van der Waals surface area contributed by atoms with E-state index >= 15 is 0 Å². The number of nitrogens with one attached hydrogen (secondary N) is 2. The first kappa shape index (κ1) is 23.2. The number of hydrogen-bond donors (Lipinski definition) is 2. The molecule has 2 bridgehead atoms. The van der Waals surface area contributed by atoms with Crippen molar-refractivity contribution in [2.24, 2.45) is 11.8 Å². The Bertz CT molecular complexity index is 1440. The molecule has 0 saturated heterocycles. The molecule has 4 heterocycles. The van der Waals surface area contributed by atoms with E-state index in [0.717, 1.165) is 36.7 Å². The maximum absolute atomic E-state index is 13.9. The molecular formula is C26H29ClFN7O. The Morgan fingerprint density at radius 1 is 1.17 bits per heavy atom. The molecule has 0 spiro atoms. The third kappa shape index (κ3) is 3.72. The molecule has 2 amide bonds. The van der Waals surface area contributed by atoms with E-state index in [9.17, 15) is 9.18 Å². The highest BCUT2D eigenvalue weighted by Gasteiger charge is 2.46. The third-order valence-corrected chi connectivity index (χ3v) is 8.40. The lowest BCUT2D eigenvalue weighted by Crippen LogP contribution is -2.56. The number of urea groups is 1. The molecule has 3 aliphatic carbocycles. The predicted octanol–water partition coefficient (Wildman–Crippen LogP) is 5.55. The van der Waals surface area contributed by atoms with Gasteiger partial charge in [0.15, 0.2) is 5.82 Å². The second-order valence-electron chi connectivity index (χ2n) is 9.88. The molecule has 10 heteroatoms. The van der Waals surface area contributed by atoms with Crippen LogP contribution < -0.4 is 5.32 Å². The van der Waals surface area contributed by atoms with E-state index in [-0.39, 0.29) is 18.1 Å². The Labute approximate surface area is 213 Å².